The average Bonchev–Trinajstić information content (AvgIpc) is 3.05. The molecule has 0 amide bonds. The number of aromatic nitrogens is 2. The maximum atomic E-state index is 5.51. The Labute approximate surface area is 176 Å². The van der Waals surface area contributed by atoms with E-state index in [0.717, 1.165) is 50.7 Å². The summed E-state index contributed by atoms with van der Waals surface area (Å²) >= 11 is 0. The molecule has 1 saturated heterocycles. The van der Waals surface area contributed by atoms with E-state index in [1.807, 2.05) is 6.07 Å². The number of piperidine rings is 1. The van der Waals surface area contributed by atoms with Crippen LogP contribution in [-0.2, 0) is 19.5 Å². The van der Waals surface area contributed by atoms with Gasteiger partial charge in [0.15, 0.2) is 0 Å². The van der Waals surface area contributed by atoms with Gasteiger partial charge in [0.05, 0.1) is 12.8 Å². The molecule has 0 N–H and O–H groups in total. The first kappa shape index (κ1) is 21.8. The fourth-order valence-electron chi connectivity index (χ4n) is 4.55. The number of para-hydroxylation sites is 1. The van der Waals surface area contributed by atoms with Crippen LogP contribution in [0.25, 0.3) is 0 Å². The van der Waals surface area contributed by atoms with Gasteiger partial charge in [0.2, 0.25) is 0 Å². The smallest absolute Gasteiger partial charge is 0.122 e. The second-order valence-electron chi connectivity index (χ2n) is 8.57. The molecule has 1 aliphatic heterocycles. The second-order valence-corrected chi connectivity index (χ2v) is 8.57. The third-order valence-electron chi connectivity index (χ3n) is 6.00. The number of likely N-dealkylation sites (tertiary alicyclic amines) is 1. The van der Waals surface area contributed by atoms with Crippen molar-refractivity contribution < 1.29 is 4.74 Å². The van der Waals surface area contributed by atoms with E-state index < -0.39 is 0 Å². The lowest BCUT2D eigenvalue weighted by molar-refractivity contribution is 0.142. The predicted molar refractivity (Wildman–Crippen MR) is 119 cm³/mol. The Morgan fingerprint density at radius 3 is 2.83 bits per heavy atom. The molecule has 29 heavy (non-hydrogen) atoms. The lowest BCUT2D eigenvalue weighted by atomic mass is 9.97. The van der Waals surface area contributed by atoms with Gasteiger partial charge in [-0.2, -0.15) is 5.10 Å². The highest BCUT2D eigenvalue weighted by Gasteiger charge is 2.21. The minimum atomic E-state index is 0.748. The summed E-state index contributed by atoms with van der Waals surface area (Å²) in [6.45, 7) is 11.0. The van der Waals surface area contributed by atoms with Crippen LogP contribution >= 0.6 is 0 Å². The summed E-state index contributed by atoms with van der Waals surface area (Å²) in [6, 6.07) is 8.41. The fourth-order valence-corrected chi connectivity index (χ4v) is 4.55. The number of benzene rings is 1. The van der Waals surface area contributed by atoms with Crippen molar-refractivity contribution in [3.8, 4) is 5.75 Å². The zero-order valence-corrected chi connectivity index (χ0v) is 18.7. The molecule has 0 radical (unpaired) electrons. The molecule has 0 bridgehead atoms. The lowest BCUT2D eigenvalue weighted by Crippen LogP contribution is -2.40. The summed E-state index contributed by atoms with van der Waals surface area (Å²) in [6.07, 6.45) is 7.06. The van der Waals surface area contributed by atoms with Gasteiger partial charge in [0.25, 0.3) is 0 Å². The average molecular weight is 399 g/mol. The van der Waals surface area contributed by atoms with E-state index in [1.165, 1.54) is 42.8 Å². The number of rotatable bonds is 10. The summed E-state index contributed by atoms with van der Waals surface area (Å²) in [7, 11) is 4.02. The Morgan fingerprint density at radius 2 is 2.03 bits per heavy atom. The van der Waals surface area contributed by atoms with Crippen LogP contribution in [0.5, 0.6) is 5.75 Å². The summed E-state index contributed by atoms with van der Waals surface area (Å²) in [5.74, 6) is 1.76. The molecule has 1 aromatic heterocycles. The Balaban J connectivity index is 1.47. The highest BCUT2D eigenvalue weighted by molar-refractivity contribution is 5.33. The first-order valence-electron chi connectivity index (χ1n) is 11.1. The number of aryl methyl sites for hydroxylation is 2. The highest BCUT2D eigenvalue weighted by Crippen LogP contribution is 2.21. The van der Waals surface area contributed by atoms with Crippen LogP contribution in [0.1, 0.15) is 43.0 Å². The molecule has 1 atom stereocenters. The van der Waals surface area contributed by atoms with Crippen LogP contribution in [0, 0.1) is 12.8 Å². The minimum absolute atomic E-state index is 0.748. The van der Waals surface area contributed by atoms with E-state index >= 15 is 0 Å². The molecular weight excluding hydrogens is 360 g/mol. The number of hydrogen-bond acceptors (Lipinski definition) is 4. The van der Waals surface area contributed by atoms with Crippen molar-refractivity contribution in [1.29, 1.82) is 0 Å². The quantitative estimate of drug-likeness (QED) is 0.606. The first-order chi connectivity index (χ1) is 14.1. The summed E-state index contributed by atoms with van der Waals surface area (Å²) in [5.41, 5.74) is 3.85. The molecule has 0 saturated carbocycles. The minimum Gasteiger partial charge on any atom is -0.496 e. The van der Waals surface area contributed by atoms with Crippen LogP contribution in [0.2, 0.25) is 0 Å². The third kappa shape index (κ3) is 6.31. The highest BCUT2D eigenvalue weighted by atomic mass is 16.5. The summed E-state index contributed by atoms with van der Waals surface area (Å²) in [4.78, 5) is 5.12. The van der Waals surface area contributed by atoms with Gasteiger partial charge >= 0.3 is 0 Å². The van der Waals surface area contributed by atoms with Gasteiger partial charge in [-0.3, -0.25) is 4.68 Å². The topological polar surface area (TPSA) is 33.5 Å². The fraction of sp³-hybridized carbons (Fsp3) is 0.625. The van der Waals surface area contributed by atoms with Crippen LogP contribution in [0.15, 0.2) is 30.5 Å². The largest absolute Gasteiger partial charge is 0.496 e. The van der Waals surface area contributed by atoms with E-state index in [9.17, 15) is 0 Å². The van der Waals surface area contributed by atoms with Crippen LogP contribution in [0.4, 0.5) is 0 Å². The zero-order chi connectivity index (χ0) is 20.6. The molecule has 0 unspecified atom stereocenters. The van der Waals surface area contributed by atoms with Gasteiger partial charge in [-0.1, -0.05) is 25.1 Å². The van der Waals surface area contributed by atoms with E-state index in [1.54, 1.807) is 7.11 Å². The van der Waals surface area contributed by atoms with Crippen LogP contribution < -0.4 is 4.74 Å². The number of hydrogen-bond donors (Lipinski definition) is 0. The Kier molecular flexibility index (Phi) is 8.13. The zero-order valence-electron chi connectivity index (χ0n) is 18.7. The second kappa shape index (κ2) is 10.8. The number of nitrogens with zero attached hydrogens (tertiary/aromatic N) is 4. The Bertz CT molecular complexity index is 757. The lowest BCUT2D eigenvalue weighted by Gasteiger charge is -2.34. The van der Waals surface area contributed by atoms with Crippen molar-refractivity contribution in [3.05, 3.63) is 47.3 Å². The van der Waals surface area contributed by atoms with E-state index in [-0.39, 0.29) is 0 Å². The SMILES string of the molecule is CCCn1cc(CN(C)C[C@@H]2CCCN(CCc3ccccc3OC)C2)c(C)n1. The molecule has 5 nitrogen and oxygen atoms in total. The Hall–Kier alpha value is -1.85. The number of ether oxygens (including phenoxy) is 1. The molecule has 1 aromatic carbocycles. The van der Waals surface area contributed by atoms with E-state index in [0.29, 0.717) is 0 Å². The summed E-state index contributed by atoms with van der Waals surface area (Å²) in [5, 5.41) is 4.65. The molecule has 160 valence electrons. The monoisotopic (exact) mass is 398 g/mol. The molecule has 0 aliphatic carbocycles. The normalized spacial score (nSPS) is 17.8. The third-order valence-corrected chi connectivity index (χ3v) is 6.00. The van der Waals surface area contributed by atoms with Gasteiger partial charge in [-0.05, 0) is 63.7 Å². The van der Waals surface area contributed by atoms with Gasteiger partial charge in [0, 0.05) is 44.5 Å². The molecule has 2 heterocycles. The van der Waals surface area contributed by atoms with Crippen molar-refractivity contribution in [2.45, 2.75) is 52.6 Å². The van der Waals surface area contributed by atoms with Gasteiger partial charge in [0.1, 0.15) is 5.75 Å². The molecular formula is C24H38N4O. The maximum Gasteiger partial charge on any atom is 0.122 e. The van der Waals surface area contributed by atoms with Crippen LogP contribution in [-0.4, -0.2) is 59.9 Å². The van der Waals surface area contributed by atoms with Gasteiger partial charge < -0.3 is 14.5 Å². The molecule has 0 spiro atoms. The number of methoxy groups -OCH3 is 1. The van der Waals surface area contributed by atoms with Crippen molar-refractivity contribution in [1.82, 2.24) is 19.6 Å². The molecule has 2 aromatic rings. The van der Waals surface area contributed by atoms with Crippen molar-refractivity contribution in [2.24, 2.45) is 5.92 Å². The first-order valence-corrected chi connectivity index (χ1v) is 11.1. The molecule has 5 heteroatoms. The van der Waals surface area contributed by atoms with Crippen molar-refractivity contribution in [3.63, 3.8) is 0 Å². The Morgan fingerprint density at radius 1 is 1.21 bits per heavy atom. The molecule has 1 aliphatic rings. The van der Waals surface area contributed by atoms with Crippen molar-refractivity contribution in [2.75, 3.05) is 40.3 Å². The molecule has 1 fully saturated rings. The van der Waals surface area contributed by atoms with E-state index in [4.69, 9.17) is 4.74 Å². The van der Waals surface area contributed by atoms with Crippen molar-refractivity contribution >= 4 is 0 Å². The maximum absolute atomic E-state index is 5.51. The predicted octanol–water partition coefficient (Wildman–Crippen LogP) is 4.00. The standard InChI is InChI=1S/C24H38N4O/c1-5-13-28-19-23(20(2)25-28)18-26(3)16-21-9-8-14-27(17-21)15-12-22-10-6-7-11-24(22)29-4/h6-7,10-11,19,21H,5,8-9,12-18H2,1-4H3/t21-/m0/s1. The van der Waals surface area contributed by atoms with E-state index in [2.05, 4.69) is 64.9 Å². The van der Waals surface area contributed by atoms with Gasteiger partial charge in [-0.15, -0.1) is 0 Å². The molecule has 3 rings (SSSR count). The van der Waals surface area contributed by atoms with Gasteiger partial charge in [-0.25, -0.2) is 0 Å². The van der Waals surface area contributed by atoms with Crippen LogP contribution in [0.3, 0.4) is 0 Å². The summed E-state index contributed by atoms with van der Waals surface area (Å²) < 4.78 is 7.61.